The highest BCUT2D eigenvalue weighted by atomic mass is 16.5. The quantitative estimate of drug-likeness (QED) is 0.317. The molecule has 0 saturated carbocycles. The molecular formula is C7H10O3. The van der Waals surface area contributed by atoms with Crippen LogP contribution in [0.15, 0.2) is 0 Å². The largest absolute Gasteiger partial charge is 0.459 e. The van der Waals surface area contributed by atoms with Crippen LogP contribution in [0.3, 0.4) is 0 Å². The molecule has 0 aromatic heterocycles. The first-order valence-electron chi connectivity index (χ1n) is 2.91. The molecule has 0 saturated heterocycles. The van der Waals surface area contributed by atoms with Gasteiger partial charge in [0, 0.05) is 12.3 Å². The molecular weight excluding hydrogens is 132 g/mol. The van der Waals surface area contributed by atoms with E-state index in [1.807, 2.05) is 0 Å². The van der Waals surface area contributed by atoms with Crippen LogP contribution in [-0.4, -0.2) is 24.3 Å². The summed E-state index contributed by atoms with van der Waals surface area (Å²) in [5, 5.41) is 8.68. The summed E-state index contributed by atoms with van der Waals surface area (Å²) in [7, 11) is 1.26. The number of carbonyl (C=O) groups excluding carboxylic acids is 1. The van der Waals surface area contributed by atoms with Crippen molar-refractivity contribution in [1.82, 2.24) is 0 Å². The van der Waals surface area contributed by atoms with Gasteiger partial charge in [0.1, 0.15) is 0 Å². The third-order valence-electron chi connectivity index (χ3n) is 0.773. The lowest BCUT2D eigenvalue weighted by Gasteiger charge is -1.92. The molecule has 1 unspecified atom stereocenters. The molecule has 1 N–H and O–H groups in total. The maximum absolute atomic E-state index is 10.3. The van der Waals surface area contributed by atoms with Crippen molar-refractivity contribution in [3.63, 3.8) is 0 Å². The van der Waals surface area contributed by atoms with Crippen molar-refractivity contribution >= 4 is 5.97 Å². The Kier molecular flexibility index (Phi) is 4.34. The Labute approximate surface area is 60.0 Å². The van der Waals surface area contributed by atoms with Gasteiger partial charge in [-0.3, -0.25) is 0 Å². The van der Waals surface area contributed by atoms with E-state index >= 15 is 0 Å². The van der Waals surface area contributed by atoms with Gasteiger partial charge in [0.05, 0.1) is 13.2 Å². The third kappa shape index (κ3) is 5.13. The minimum Gasteiger partial charge on any atom is -0.459 e. The van der Waals surface area contributed by atoms with E-state index in [0.717, 1.165) is 0 Å². The van der Waals surface area contributed by atoms with E-state index in [1.54, 1.807) is 6.92 Å². The zero-order chi connectivity index (χ0) is 7.98. The number of hydrogen-bond acceptors (Lipinski definition) is 3. The average Bonchev–Trinajstić information content (AvgIpc) is 1.87. The van der Waals surface area contributed by atoms with Crippen LogP contribution in [0.25, 0.3) is 0 Å². The number of hydrogen-bond donors (Lipinski definition) is 1. The molecule has 0 aliphatic rings. The molecule has 0 aliphatic heterocycles. The van der Waals surface area contributed by atoms with Crippen molar-refractivity contribution in [3.05, 3.63) is 0 Å². The Hall–Kier alpha value is -1.01. The van der Waals surface area contributed by atoms with E-state index in [4.69, 9.17) is 5.11 Å². The zero-order valence-electron chi connectivity index (χ0n) is 6.05. The van der Waals surface area contributed by atoms with Gasteiger partial charge in [-0.25, -0.2) is 4.79 Å². The molecule has 0 bridgehead atoms. The van der Waals surface area contributed by atoms with Crippen LogP contribution in [0.2, 0.25) is 0 Å². The first kappa shape index (κ1) is 8.99. The molecule has 0 fully saturated rings. The maximum Gasteiger partial charge on any atom is 0.384 e. The molecule has 0 aromatic carbocycles. The monoisotopic (exact) mass is 142 g/mol. The molecule has 1 atom stereocenters. The van der Waals surface area contributed by atoms with Crippen LogP contribution in [-0.2, 0) is 9.53 Å². The highest BCUT2D eigenvalue weighted by Gasteiger charge is 1.91. The molecule has 0 rings (SSSR count). The fraction of sp³-hybridized carbons (Fsp3) is 0.571. The maximum atomic E-state index is 10.3. The molecule has 3 nitrogen and oxygen atoms in total. The van der Waals surface area contributed by atoms with Crippen LogP contribution in [0.1, 0.15) is 13.3 Å². The summed E-state index contributed by atoms with van der Waals surface area (Å²) < 4.78 is 4.24. The SMILES string of the molecule is COC(=O)C#CCC(C)O. The predicted molar refractivity (Wildman–Crippen MR) is 36.1 cm³/mol. The second kappa shape index (κ2) is 4.83. The zero-order valence-corrected chi connectivity index (χ0v) is 6.05. The molecule has 56 valence electrons. The number of aliphatic hydroxyl groups excluding tert-OH is 1. The number of ether oxygens (including phenoxy) is 1. The van der Waals surface area contributed by atoms with Gasteiger partial charge in [0.2, 0.25) is 0 Å². The van der Waals surface area contributed by atoms with E-state index in [1.165, 1.54) is 7.11 Å². The van der Waals surface area contributed by atoms with Gasteiger partial charge < -0.3 is 9.84 Å². The molecule has 0 amide bonds. The van der Waals surface area contributed by atoms with Crippen LogP contribution in [0.5, 0.6) is 0 Å². The van der Waals surface area contributed by atoms with Crippen molar-refractivity contribution < 1.29 is 14.6 Å². The average molecular weight is 142 g/mol. The molecule has 0 aromatic rings. The Balaban J connectivity index is 3.59. The normalized spacial score (nSPS) is 11.1. The first-order chi connectivity index (χ1) is 4.66. The molecule has 3 heteroatoms. The third-order valence-corrected chi connectivity index (χ3v) is 0.773. The minimum absolute atomic E-state index is 0.301. The van der Waals surface area contributed by atoms with Crippen molar-refractivity contribution in [2.75, 3.05) is 7.11 Å². The molecule has 0 radical (unpaired) electrons. The van der Waals surface area contributed by atoms with Gasteiger partial charge in [-0.1, -0.05) is 5.92 Å². The summed E-state index contributed by atoms with van der Waals surface area (Å²) in [5.41, 5.74) is 0. The van der Waals surface area contributed by atoms with Crippen molar-refractivity contribution in [2.24, 2.45) is 0 Å². The van der Waals surface area contributed by atoms with Gasteiger partial charge in [-0.05, 0) is 6.92 Å². The van der Waals surface area contributed by atoms with Crippen LogP contribution in [0, 0.1) is 11.8 Å². The highest BCUT2D eigenvalue weighted by molar-refractivity contribution is 5.88. The van der Waals surface area contributed by atoms with Crippen LogP contribution in [0.4, 0.5) is 0 Å². The van der Waals surface area contributed by atoms with Gasteiger partial charge in [-0.15, -0.1) is 0 Å². The fourth-order valence-electron chi connectivity index (χ4n) is 0.322. The molecule has 0 heterocycles. The van der Waals surface area contributed by atoms with E-state index in [2.05, 4.69) is 16.6 Å². The summed E-state index contributed by atoms with van der Waals surface area (Å²) in [6, 6.07) is 0. The van der Waals surface area contributed by atoms with Crippen LogP contribution < -0.4 is 0 Å². The second-order valence-electron chi connectivity index (χ2n) is 1.85. The Morgan fingerprint density at radius 3 is 2.80 bits per heavy atom. The first-order valence-corrected chi connectivity index (χ1v) is 2.91. The summed E-state index contributed by atoms with van der Waals surface area (Å²) in [5.74, 6) is 4.08. The van der Waals surface area contributed by atoms with Gasteiger partial charge in [0.25, 0.3) is 0 Å². The summed E-state index contributed by atoms with van der Waals surface area (Å²) in [4.78, 5) is 10.3. The van der Waals surface area contributed by atoms with Crippen molar-refractivity contribution in [1.29, 1.82) is 0 Å². The number of esters is 1. The molecule has 10 heavy (non-hydrogen) atoms. The molecule has 0 aliphatic carbocycles. The molecule has 0 spiro atoms. The highest BCUT2D eigenvalue weighted by Crippen LogP contribution is 1.84. The van der Waals surface area contributed by atoms with E-state index < -0.39 is 12.1 Å². The smallest absolute Gasteiger partial charge is 0.384 e. The van der Waals surface area contributed by atoms with Gasteiger partial charge in [0.15, 0.2) is 0 Å². The number of rotatable bonds is 1. The summed E-state index contributed by atoms with van der Waals surface area (Å²) in [6.45, 7) is 1.60. The summed E-state index contributed by atoms with van der Waals surface area (Å²) >= 11 is 0. The number of methoxy groups -OCH3 is 1. The van der Waals surface area contributed by atoms with E-state index in [9.17, 15) is 4.79 Å². The van der Waals surface area contributed by atoms with E-state index in [0.29, 0.717) is 6.42 Å². The predicted octanol–water partition coefficient (Wildman–Crippen LogP) is -0.0663. The Morgan fingerprint density at radius 1 is 1.80 bits per heavy atom. The lowest BCUT2D eigenvalue weighted by molar-refractivity contribution is -0.133. The van der Waals surface area contributed by atoms with Gasteiger partial charge >= 0.3 is 5.97 Å². The number of aliphatic hydroxyl groups is 1. The standard InChI is InChI=1S/C7H10O3/c1-6(8)4-3-5-7(9)10-2/h6,8H,4H2,1-2H3. The number of carbonyl (C=O) groups is 1. The van der Waals surface area contributed by atoms with Gasteiger partial charge in [-0.2, -0.15) is 0 Å². The second-order valence-corrected chi connectivity index (χ2v) is 1.85. The fourth-order valence-corrected chi connectivity index (χ4v) is 0.322. The van der Waals surface area contributed by atoms with Crippen molar-refractivity contribution in [3.8, 4) is 11.8 Å². The lowest BCUT2D eigenvalue weighted by atomic mass is 10.3. The van der Waals surface area contributed by atoms with Crippen molar-refractivity contribution in [2.45, 2.75) is 19.4 Å². The Bertz CT molecular complexity index is 161. The lowest BCUT2D eigenvalue weighted by Crippen LogP contribution is -1.98. The van der Waals surface area contributed by atoms with E-state index in [-0.39, 0.29) is 0 Å². The minimum atomic E-state index is -0.569. The topological polar surface area (TPSA) is 46.5 Å². The van der Waals surface area contributed by atoms with Crippen LogP contribution >= 0.6 is 0 Å². The Morgan fingerprint density at radius 2 is 2.40 bits per heavy atom. The summed E-state index contributed by atoms with van der Waals surface area (Å²) in [6.07, 6.45) is -0.188.